The van der Waals surface area contributed by atoms with Gasteiger partial charge < -0.3 is 10.1 Å². The van der Waals surface area contributed by atoms with Crippen LogP contribution >= 0.6 is 11.3 Å². The standard InChI is InChI=1S/C21H20N2O3S/c1-13-8-9-16-17(10-13)27-20(18(16)21(25)26-2)23-19(24)15(12-22)11-14-6-4-3-5-7-14/h3-7,11,13H,8-10H2,1-2H3,(H,23,24)/b15-11+/t13-/m1/s1. The lowest BCUT2D eigenvalue weighted by atomic mass is 9.88. The number of fused-ring (bicyclic) bond motifs is 1. The van der Waals surface area contributed by atoms with E-state index in [9.17, 15) is 14.9 Å². The number of carbonyl (C=O) groups excluding carboxylic acids is 2. The highest BCUT2D eigenvalue weighted by atomic mass is 32.1. The summed E-state index contributed by atoms with van der Waals surface area (Å²) in [4.78, 5) is 26.1. The van der Waals surface area contributed by atoms with E-state index in [2.05, 4.69) is 12.2 Å². The number of ether oxygens (including phenoxy) is 1. The molecule has 27 heavy (non-hydrogen) atoms. The third kappa shape index (κ3) is 4.09. The number of thiophene rings is 1. The molecule has 1 amide bonds. The van der Waals surface area contributed by atoms with Crippen molar-refractivity contribution in [2.45, 2.75) is 26.2 Å². The molecule has 1 aromatic heterocycles. The van der Waals surface area contributed by atoms with Crippen LogP contribution in [0.4, 0.5) is 5.00 Å². The van der Waals surface area contributed by atoms with Gasteiger partial charge >= 0.3 is 5.97 Å². The van der Waals surface area contributed by atoms with Crippen molar-refractivity contribution in [2.75, 3.05) is 12.4 Å². The van der Waals surface area contributed by atoms with Crippen LogP contribution in [0.25, 0.3) is 6.08 Å². The van der Waals surface area contributed by atoms with Crippen molar-refractivity contribution in [1.82, 2.24) is 0 Å². The molecule has 138 valence electrons. The Morgan fingerprint density at radius 1 is 1.33 bits per heavy atom. The Labute approximate surface area is 162 Å². The fraction of sp³-hybridized carbons (Fsp3) is 0.286. The fourth-order valence-corrected chi connectivity index (χ4v) is 4.59. The quantitative estimate of drug-likeness (QED) is 0.490. The molecular weight excluding hydrogens is 360 g/mol. The average molecular weight is 380 g/mol. The lowest BCUT2D eigenvalue weighted by Gasteiger charge is -2.18. The number of nitriles is 1. The lowest BCUT2D eigenvalue weighted by molar-refractivity contribution is -0.112. The number of nitrogens with zero attached hydrogens (tertiary/aromatic N) is 1. The summed E-state index contributed by atoms with van der Waals surface area (Å²) in [5.41, 5.74) is 2.13. The van der Waals surface area contributed by atoms with E-state index >= 15 is 0 Å². The van der Waals surface area contributed by atoms with E-state index < -0.39 is 11.9 Å². The molecule has 5 nitrogen and oxygen atoms in total. The maximum atomic E-state index is 12.6. The number of hydrogen-bond acceptors (Lipinski definition) is 5. The van der Waals surface area contributed by atoms with Crippen LogP contribution in [-0.4, -0.2) is 19.0 Å². The molecule has 2 aromatic rings. The minimum absolute atomic E-state index is 0.0169. The molecule has 1 atom stereocenters. The van der Waals surface area contributed by atoms with Crippen molar-refractivity contribution in [2.24, 2.45) is 5.92 Å². The van der Waals surface area contributed by atoms with E-state index in [0.29, 0.717) is 16.5 Å². The lowest BCUT2D eigenvalue weighted by Crippen LogP contribution is -2.16. The molecule has 0 saturated heterocycles. The molecule has 0 radical (unpaired) electrons. The molecule has 3 rings (SSSR count). The van der Waals surface area contributed by atoms with E-state index in [-0.39, 0.29) is 5.57 Å². The fourth-order valence-electron chi connectivity index (χ4n) is 3.19. The van der Waals surface area contributed by atoms with Gasteiger partial charge in [-0.2, -0.15) is 5.26 Å². The SMILES string of the molecule is COC(=O)c1c(NC(=O)/C(C#N)=C/c2ccccc2)sc2c1CC[C@@H](C)C2. The second-order valence-electron chi connectivity index (χ2n) is 6.58. The van der Waals surface area contributed by atoms with E-state index in [0.717, 1.165) is 35.3 Å². The van der Waals surface area contributed by atoms with Gasteiger partial charge in [-0.25, -0.2) is 4.79 Å². The van der Waals surface area contributed by atoms with Gasteiger partial charge in [-0.1, -0.05) is 37.3 Å². The van der Waals surface area contributed by atoms with E-state index in [1.54, 1.807) is 0 Å². The Kier molecular flexibility index (Phi) is 5.72. The summed E-state index contributed by atoms with van der Waals surface area (Å²) in [5, 5.41) is 12.6. The van der Waals surface area contributed by atoms with Crippen molar-refractivity contribution < 1.29 is 14.3 Å². The Bertz CT molecular complexity index is 938. The maximum absolute atomic E-state index is 12.6. The number of carbonyl (C=O) groups is 2. The minimum Gasteiger partial charge on any atom is -0.465 e. The number of benzene rings is 1. The van der Waals surface area contributed by atoms with E-state index in [1.165, 1.54) is 24.5 Å². The zero-order valence-corrected chi connectivity index (χ0v) is 16.1. The second kappa shape index (κ2) is 8.19. The van der Waals surface area contributed by atoms with Gasteiger partial charge in [0.25, 0.3) is 5.91 Å². The van der Waals surface area contributed by atoms with E-state index in [4.69, 9.17) is 4.74 Å². The highest BCUT2D eigenvalue weighted by molar-refractivity contribution is 7.17. The van der Waals surface area contributed by atoms with Gasteiger partial charge in [-0.3, -0.25) is 4.79 Å². The van der Waals surface area contributed by atoms with Crippen LogP contribution in [0.3, 0.4) is 0 Å². The number of esters is 1. The van der Waals surface area contributed by atoms with Crippen molar-refractivity contribution in [3.63, 3.8) is 0 Å². The summed E-state index contributed by atoms with van der Waals surface area (Å²) >= 11 is 1.40. The molecule has 1 aliphatic carbocycles. The molecule has 0 bridgehead atoms. The largest absolute Gasteiger partial charge is 0.465 e. The van der Waals surface area contributed by atoms with Crippen molar-refractivity contribution in [1.29, 1.82) is 5.26 Å². The number of rotatable bonds is 4. The van der Waals surface area contributed by atoms with Gasteiger partial charge in [0, 0.05) is 4.88 Å². The average Bonchev–Trinajstić information content (AvgIpc) is 3.02. The van der Waals surface area contributed by atoms with Gasteiger partial charge in [0.2, 0.25) is 0 Å². The van der Waals surface area contributed by atoms with Gasteiger partial charge in [0.1, 0.15) is 16.6 Å². The molecule has 1 heterocycles. The number of hydrogen-bond donors (Lipinski definition) is 1. The first kappa shape index (κ1) is 18.9. The monoisotopic (exact) mass is 380 g/mol. The molecule has 1 aliphatic rings. The highest BCUT2D eigenvalue weighted by Crippen LogP contribution is 2.40. The van der Waals surface area contributed by atoms with Crippen molar-refractivity contribution >= 4 is 34.3 Å². The normalized spacial score (nSPS) is 16.2. The van der Waals surface area contributed by atoms with Crippen LogP contribution in [0.15, 0.2) is 35.9 Å². The first-order valence-corrected chi connectivity index (χ1v) is 9.56. The summed E-state index contributed by atoms with van der Waals surface area (Å²) < 4.78 is 4.93. The molecule has 0 unspecified atom stereocenters. The van der Waals surface area contributed by atoms with Crippen LogP contribution < -0.4 is 5.32 Å². The Balaban J connectivity index is 1.92. The third-order valence-electron chi connectivity index (χ3n) is 4.60. The summed E-state index contributed by atoms with van der Waals surface area (Å²) in [6, 6.07) is 11.1. The van der Waals surface area contributed by atoms with Crippen molar-refractivity contribution in [3.05, 3.63) is 57.5 Å². The highest BCUT2D eigenvalue weighted by Gasteiger charge is 2.29. The smallest absolute Gasteiger partial charge is 0.341 e. The number of amides is 1. The number of methoxy groups -OCH3 is 1. The van der Waals surface area contributed by atoms with E-state index in [1.807, 2.05) is 36.4 Å². The molecular formula is C21H20N2O3S. The van der Waals surface area contributed by atoms with Crippen LogP contribution in [0.1, 0.15) is 39.7 Å². The molecule has 1 N–H and O–H groups in total. The molecule has 0 saturated carbocycles. The van der Waals surface area contributed by atoms with Gasteiger partial charge in [0.15, 0.2) is 0 Å². The minimum atomic E-state index is -0.529. The van der Waals surface area contributed by atoms with Crippen LogP contribution in [0, 0.1) is 17.2 Å². The topological polar surface area (TPSA) is 79.2 Å². The van der Waals surface area contributed by atoms with Crippen molar-refractivity contribution in [3.8, 4) is 6.07 Å². The molecule has 6 heteroatoms. The van der Waals surface area contributed by atoms with Gasteiger partial charge in [-0.05, 0) is 42.4 Å². The Hall–Kier alpha value is -2.91. The molecule has 0 fully saturated rings. The number of anilines is 1. The Morgan fingerprint density at radius 3 is 2.74 bits per heavy atom. The second-order valence-corrected chi connectivity index (χ2v) is 7.69. The summed E-state index contributed by atoms with van der Waals surface area (Å²) in [5.74, 6) is -0.445. The summed E-state index contributed by atoms with van der Waals surface area (Å²) in [6.07, 6.45) is 4.20. The predicted molar refractivity (Wildman–Crippen MR) is 106 cm³/mol. The third-order valence-corrected chi connectivity index (χ3v) is 5.77. The van der Waals surface area contributed by atoms with Crippen LogP contribution in [0.2, 0.25) is 0 Å². The summed E-state index contributed by atoms with van der Waals surface area (Å²) in [6.45, 7) is 2.18. The first-order valence-electron chi connectivity index (χ1n) is 8.74. The van der Waals surface area contributed by atoms with Crippen LogP contribution in [-0.2, 0) is 22.4 Å². The zero-order valence-electron chi connectivity index (χ0n) is 15.2. The molecule has 0 aliphatic heterocycles. The Morgan fingerprint density at radius 2 is 2.07 bits per heavy atom. The van der Waals surface area contributed by atoms with Crippen LogP contribution in [0.5, 0.6) is 0 Å². The zero-order chi connectivity index (χ0) is 19.4. The summed E-state index contributed by atoms with van der Waals surface area (Å²) in [7, 11) is 1.33. The van der Waals surface area contributed by atoms with Gasteiger partial charge in [0.05, 0.1) is 12.7 Å². The first-order chi connectivity index (χ1) is 13.0. The molecule has 0 spiro atoms. The van der Waals surface area contributed by atoms with Gasteiger partial charge in [-0.15, -0.1) is 11.3 Å². The molecule has 1 aromatic carbocycles. The maximum Gasteiger partial charge on any atom is 0.341 e. The predicted octanol–water partition coefficient (Wildman–Crippen LogP) is 4.21. The number of nitrogens with one attached hydrogen (secondary N) is 1.